The lowest BCUT2D eigenvalue weighted by molar-refractivity contribution is 0.433. The molecule has 0 aliphatic carbocycles. The Kier molecular flexibility index (Phi) is 3.34. The van der Waals surface area contributed by atoms with E-state index in [2.05, 4.69) is 20.7 Å². The Hall–Kier alpha value is -2.06. The van der Waals surface area contributed by atoms with Gasteiger partial charge in [0.2, 0.25) is 5.09 Å². The van der Waals surface area contributed by atoms with Gasteiger partial charge in [-0.3, -0.25) is 4.72 Å². The second kappa shape index (κ2) is 5.05. The third-order valence-corrected chi connectivity index (χ3v) is 4.36. The highest BCUT2D eigenvalue weighted by Crippen LogP contribution is 2.23. The zero-order valence-electron chi connectivity index (χ0n) is 10.4. The summed E-state index contributed by atoms with van der Waals surface area (Å²) in [6, 6.07) is 10.2. The molecule has 8 heteroatoms. The molecular weight excluding hydrogens is 362 g/mol. The van der Waals surface area contributed by atoms with Crippen LogP contribution in [0.4, 0.5) is 5.69 Å². The van der Waals surface area contributed by atoms with Gasteiger partial charge in [-0.15, -0.1) is 0 Å². The first-order valence-corrected chi connectivity index (χ1v) is 8.04. The summed E-state index contributed by atoms with van der Waals surface area (Å²) in [5, 5.41) is 0.407. The second-order valence-electron chi connectivity index (χ2n) is 4.17. The summed E-state index contributed by atoms with van der Waals surface area (Å²) >= 11 is 3.05. The van der Waals surface area contributed by atoms with E-state index in [1.54, 1.807) is 12.1 Å². The molecule has 108 valence electrons. The number of anilines is 1. The molecule has 0 radical (unpaired) electrons. The lowest BCUT2D eigenvalue weighted by atomic mass is 10.2. The molecule has 1 N–H and O–H groups in total. The minimum absolute atomic E-state index is 0.200. The van der Waals surface area contributed by atoms with Crippen LogP contribution >= 0.6 is 15.9 Å². The number of hydrogen-bond donors (Lipinski definition) is 1. The van der Waals surface area contributed by atoms with Crippen molar-refractivity contribution < 1.29 is 17.3 Å². The molecule has 1 aromatic carbocycles. The zero-order chi connectivity index (χ0) is 15.0. The number of nitrogens with one attached hydrogen (secondary N) is 1. The van der Waals surface area contributed by atoms with Crippen molar-refractivity contribution in [3.8, 4) is 0 Å². The van der Waals surface area contributed by atoms with Gasteiger partial charge in [0.1, 0.15) is 5.58 Å². The molecule has 0 aliphatic heterocycles. The van der Waals surface area contributed by atoms with Crippen molar-refractivity contribution in [2.24, 2.45) is 0 Å². The molecule has 0 saturated carbocycles. The van der Waals surface area contributed by atoms with Crippen molar-refractivity contribution in [2.75, 3.05) is 4.72 Å². The highest BCUT2D eigenvalue weighted by Gasteiger charge is 2.18. The van der Waals surface area contributed by atoms with E-state index in [9.17, 15) is 13.2 Å². The number of furan rings is 1. The van der Waals surface area contributed by atoms with Crippen LogP contribution in [0.2, 0.25) is 0 Å². The number of hydrogen-bond acceptors (Lipinski definition) is 5. The van der Waals surface area contributed by atoms with Gasteiger partial charge in [-0.1, -0.05) is 0 Å². The fourth-order valence-corrected chi connectivity index (χ4v) is 3.18. The Labute approximate surface area is 127 Å². The SMILES string of the molecule is O=c1ccc2cc(NS(=O)(=O)c3ccc(Br)o3)ccc2o1. The third-order valence-electron chi connectivity index (χ3n) is 2.68. The van der Waals surface area contributed by atoms with E-state index in [0.29, 0.717) is 21.3 Å². The molecule has 3 rings (SSSR count). The number of fused-ring (bicyclic) bond motifs is 1. The van der Waals surface area contributed by atoms with Crippen LogP contribution in [0, 0.1) is 0 Å². The van der Waals surface area contributed by atoms with Crippen LogP contribution in [0.5, 0.6) is 0 Å². The standard InChI is InChI=1S/C13H8BrNO5S/c14-11-4-6-13(20-11)21(17,18)15-9-2-3-10-8(7-9)1-5-12(16)19-10/h1-7,15H. The van der Waals surface area contributed by atoms with Gasteiger partial charge in [0, 0.05) is 17.1 Å². The van der Waals surface area contributed by atoms with E-state index < -0.39 is 15.6 Å². The summed E-state index contributed by atoms with van der Waals surface area (Å²) in [7, 11) is -3.81. The maximum atomic E-state index is 12.1. The number of halogens is 1. The monoisotopic (exact) mass is 369 g/mol. The molecule has 6 nitrogen and oxygen atoms in total. The number of benzene rings is 1. The molecule has 3 aromatic rings. The van der Waals surface area contributed by atoms with E-state index in [1.807, 2.05) is 0 Å². The predicted molar refractivity (Wildman–Crippen MR) is 79.7 cm³/mol. The van der Waals surface area contributed by atoms with Crippen LogP contribution in [-0.2, 0) is 10.0 Å². The highest BCUT2D eigenvalue weighted by atomic mass is 79.9. The predicted octanol–water partition coefficient (Wildman–Crippen LogP) is 2.95. The van der Waals surface area contributed by atoms with Crippen molar-refractivity contribution in [2.45, 2.75) is 5.09 Å². The summed E-state index contributed by atoms with van der Waals surface area (Å²) in [6.07, 6.45) is 0. The minimum atomic E-state index is -3.81. The van der Waals surface area contributed by atoms with Gasteiger partial charge in [0.15, 0.2) is 4.67 Å². The molecule has 0 amide bonds. The molecule has 0 spiro atoms. The molecular formula is C13H8BrNO5S. The first kappa shape index (κ1) is 13.9. The van der Waals surface area contributed by atoms with Gasteiger partial charge in [-0.05, 0) is 52.3 Å². The van der Waals surface area contributed by atoms with Gasteiger partial charge >= 0.3 is 5.63 Å². The number of sulfonamides is 1. The molecule has 0 unspecified atom stereocenters. The third kappa shape index (κ3) is 2.86. The largest absolute Gasteiger partial charge is 0.436 e. The van der Waals surface area contributed by atoms with E-state index in [4.69, 9.17) is 8.83 Å². The van der Waals surface area contributed by atoms with Crippen molar-refractivity contribution in [1.82, 2.24) is 0 Å². The molecule has 0 bridgehead atoms. The summed E-state index contributed by atoms with van der Waals surface area (Å²) in [4.78, 5) is 11.1. The highest BCUT2D eigenvalue weighted by molar-refractivity contribution is 9.10. The van der Waals surface area contributed by atoms with Crippen LogP contribution in [0.3, 0.4) is 0 Å². The summed E-state index contributed by atoms with van der Waals surface area (Å²) in [5.41, 5.74) is 0.256. The molecule has 2 aromatic heterocycles. The maximum absolute atomic E-state index is 12.1. The van der Waals surface area contributed by atoms with Crippen LogP contribution in [0.1, 0.15) is 0 Å². The van der Waals surface area contributed by atoms with Gasteiger partial charge < -0.3 is 8.83 Å². The zero-order valence-corrected chi connectivity index (χ0v) is 12.8. The van der Waals surface area contributed by atoms with Crippen LogP contribution < -0.4 is 10.3 Å². The molecule has 0 atom stereocenters. The number of rotatable bonds is 3. The smallest absolute Gasteiger partial charge is 0.336 e. The van der Waals surface area contributed by atoms with Crippen molar-refractivity contribution in [3.05, 3.63) is 57.6 Å². The van der Waals surface area contributed by atoms with E-state index in [0.717, 1.165) is 0 Å². The van der Waals surface area contributed by atoms with Crippen LogP contribution in [0.25, 0.3) is 11.0 Å². The molecule has 0 aliphatic rings. The van der Waals surface area contributed by atoms with E-state index in [1.165, 1.54) is 30.3 Å². The summed E-state index contributed by atoms with van der Waals surface area (Å²) < 4.78 is 36.9. The topological polar surface area (TPSA) is 89.5 Å². The molecule has 0 fully saturated rings. The molecule has 2 heterocycles. The molecule has 0 saturated heterocycles. The first-order chi connectivity index (χ1) is 9.94. The average Bonchev–Trinajstić information content (AvgIpc) is 2.86. The van der Waals surface area contributed by atoms with Gasteiger partial charge in [0.05, 0.1) is 0 Å². The Balaban J connectivity index is 1.98. The average molecular weight is 370 g/mol. The minimum Gasteiger partial charge on any atom is -0.436 e. The van der Waals surface area contributed by atoms with E-state index >= 15 is 0 Å². The Morgan fingerprint density at radius 2 is 1.81 bits per heavy atom. The van der Waals surface area contributed by atoms with Gasteiger partial charge in [0.25, 0.3) is 10.0 Å². The fraction of sp³-hybridized carbons (Fsp3) is 0. The van der Waals surface area contributed by atoms with Crippen molar-refractivity contribution >= 4 is 42.6 Å². The maximum Gasteiger partial charge on any atom is 0.336 e. The lowest BCUT2D eigenvalue weighted by Crippen LogP contribution is -2.12. The molecule has 21 heavy (non-hydrogen) atoms. The Morgan fingerprint density at radius 3 is 2.52 bits per heavy atom. The Bertz CT molecular complexity index is 973. The normalized spacial score (nSPS) is 11.7. The Morgan fingerprint density at radius 1 is 1.00 bits per heavy atom. The van der Waals surface area contributed by atoms with Crippen LogP contribution in [-0.4, -0.2) is 8.42 Å². The van der Waals surface area contributed by atoms with Gasteiger partial charge in [-0.25, -0.2) is 4.79 Å². The van der Waals surface area contributed by atoms with Crippen LogP contribution in [0.15, 0.2) is 65.9 Å². The summed E-state index contributed by atoms with van der Waals surface area (Å²) in [6.45, 7) is 0. The second-order valence-corrected chi connectivity index (χ2v) is 6.57. The quantitative estimate of drug-likeness (QED) is 0.716. The first-order valence-electron chi connectivity index (χ1n) is 5.76. The lowest BCUT2D eigenvalue weighted by Gasteiger charge is -2.06. The van der Waals surface area contributed by atoms with Crippen molar-refractivity contribution in [3.63, 3.8) is 0 Å². The summed E-state index contributed by atoms with van der Waals surface area (Å²) in [5.74, 6) is 0. The van der Waals surface area contributed by atoms with Crippen molar-refractivity contribution in [1.29, 1.82) is 0 Å². The van der Waals surface area contributed by atoms with Gasteiger partial charge in [-0.2, -0.15) is 8.42 Å². The van der Waals surface area contributed by atoms with E-state index in [-0.39, 0.29) is 5.09 Å². The fourth-order valence-electron chi connectivity index (χ4n) is 1.78.